The Bertz CT molecular complexity index is 1490. The van der Waals surface area contributed by atoms with Crippen molar-refractivity contribution in [2.75, 3.05) is 5.32 Å². The second-order valence-corrected chi connectivity index (χ2v) is 9.01. The molecule has 2 unspecified atom stereocenters. The average Bonchev–Trinajstić information content (AvgIpc) is 3.45. The van der Waals surface area contributed by atoms with Crippen molar-refractivity contribution < 1.29 is 0 Å². The maximum atomic E-state index is 13.2. The zero-order chi connectivity index (χ0) is 23.6. The standard InChI is InChI=1S/C28H26N6O/c35-26-16-11-21-19-29-28(31-22-12-14-23(15-13-22)33-18-6-17-30-33)32-27(21)34(26)25-10-5-4-9-24(25)20-7-2-1-3-8-20/h1-3,6-8,11-19,24-25H,4-5,9-10H2,(H,29,31,32). The van der Waals surface area contributed by atoms with E-state index in [2.05, 4.69) is 39.7 Å². The molecule has 1 aliphatic rings. The van der Waals surface area contributed by atoms with Crippen LogP contribution in [0.25, 0.3) is 16.7 Å². The summed E-state index contributed by atoms with van der Waals surface area (Å²) in [4.78, 5) is 22.5. The molecule has 3 heterocycles. The SMILES string of the molecule is O=c1ccc2cnc(Nc3ccc(-n4cccn4)cc3)nc2n1C1CCCCC1c1ccccc1. The molecule has 174 valence electrons. The molecular weight excluding hydrogens is 436 g/mol. The number of nitrogens with zero attached hydrogens (tertiary/aromatic N) is 5. The second-order valence-electron chi connectivity index (χ2n) is 9.01. The lowest BCUT2D eigenvalue weighted by Gasteiger charge is -2.33. The van der Waals surface area contributed by atoms with Crippen molar-refractivity contribution in [1.29, 1.82) is 0 Å². The number of hydrogen-bond acceptors (Lipinski definition) is 5. The summed E-state index contributed by atoms with van der Waals surface area (Å²) in [7, 11) is 0. The molecule has 5 aromatic rings. The van der Waals surface area contributed by atoms with Crippen molar-refractivity contribution >= 4 is 22.7 Å². The van der Waals surface area contributed by atoms with Crippen molar-refractivity contribution in [2.24, 2.45) is 0 Å². The highest BCUT2D eigenvalue weighted by molar-refractivity contribution is 5.76. The van der Waals surface area contributed by atoms with Crippen LogP contribution in [0.3, 0.4) is 0 Å². The van der Waals surface area contributed by atoms with E-state index in [-0.39, 0.29) is 17.5 Å². The highest BCUT2D eigenvalue weighted by atomic mass is 16.1. The molecule has 0 spiro atoms. The van der Waals surface area contributed by atoms with Crippen LogP contribution >= 0.6 is 0 Å². The smallest absolute Gasteiger partial charge is 0.252 e. The third kappa shape index (κ3) is 4.21. The molecule has 0 saturated heterocycles. The van der Waals surface area contributed by atoms with Crippen LogP contribution in [0.15, 0.2) is 96.2 Å². The van der Waals surface area contributed by atoms with Gasteiger partial charge >= 0.3 is 0 Å². The molecule has 0 amide bonds. The topological polar surface area (TPSA) is 77.6 Å². The van der Waals surface area contributed by atoms with Gasteiger partial charge in [0.2, 0.25) is 5.95 Å². The first kappa shape index (κ1) is 21.3. The summed E-state index contributed by atoms with van der Waals surface area (Å²) in [6.07, 6.45) is 9.75. The van der Waals surface area contributed by atoms with Gasteiger partial charge in [-0.15, -0.1) is 0 Å². The molecule has 6 rings (SSSR count). The number of fused-ring (bicyclic) bond motifs is 1. The predicted octanol–water partition coefficient (Wildman–Crippen LogP) is 5.62. The largest absolute Gasteiger partial charge is 0.324 e. The van der Waals surface area contributed by atoms with E-state index in [0.29, 0.717) is 11.6 Å². The van der Waals surface area contributed by atoms with E-state index >= 15 is 0 Å². The summed E-state index contributed by atoms with van der Waals surface area (Å²) >= 11 is 0. The van der Waals surface area contributed by atoms with Crippen LogP contribution in [0.5, 0.6) is 0 Å². The summed E-state index contributed by atoms with van der Waals surface area (Å²) in [5, 5.41) is 8.42. The van der Waals surface area contributed by atoms with Gasteiger partial charge in [0, 0.05) is 47.7 Å². The molecule has 0 aliphatic heterocycles. The number of rotatable bonds is 5. The van der Waals surface area contributed by atoms with Crippen LogP contribution in [0.4, 0.5) is 11.6 Å². The third-order valence-electron chi connectivity index (χ3n) is 6.85. The number of benzene rings is 2. The van der Waals surface area contributed by atoms with E-state index in [1.165, 1.54) is 12.0 Å². The van der Waals surface area contributed by atoms with Crippen LogP contribution < -0.4 is 10.9 Å². The fourth-order valence-corrected chi connectivity index (χ4v) is 5.18. The van der Waals surface area contributed by atoms with Gasteiger partial charge in [-0.2, -0.15) is 10.1 Å². The minimum absolute atomic E-state index is 0.0152. The first-order valence-corrected chi connectivity index (χ1v) is 12.1. The molecule has 0 radical (unpaired) electrons. The summed E-state index contributed by atoms with van der Waals surface area (Å²) in [6, 6.07) is 23.9. The highest BCUT2D eigenvalue weighted by Crippen LogP contribution is 2.41. The molecule has 2 atom stereocenters. The third-order valence-corrected chi connectivity index (χ3v) is 6.85. The quantitative estimate of drug-likeness (QED) is 0.367. The Kier molecular flexibility index (Phi) is 5.58. The fourth-order valence-electron chi connectivity index (χ4n) is 5.18. The lowest BCUT2D eigenvalue weighted by atomic mass is 9.79. The lowest BCUT2D eigenvalue weighted by molar-refractivity contribution is 0.305. The van der Waals surface area contributed by atoms with Crippen LogP contribution in [0.2, 0.25) is 0 Å². The van der Waals surface area contributed by atoms with Crippen LogP contribution in [-0.4, -0.2) is 24.3 Å². The summed E-state index contributed by atoms with van der Waals surface area (Å²) in [5.41, 5.74) is 3.78. The van der Waals surface area contributed by atoms with Crippen molar-refractivity contribution in [3.8, 4) is 5.69 Å². The zero-order valence-electron chi connectivity index (χ0n) is 19.3. The molecule has 3 aromatic heterocycles. The normalized spacial score (nSPS) is 17.9. The predicted molar refractivity (Wildman–Crippen MR) is 137 cm³/mol. The van der Waals surface area contributed by atoms with Crippen LogP contribution in [0.1, 0.15) is 43.2 Å². The van der Waals surface area contributed by atoms with Gasteiger partial charge in [-0.25, -0.2) is 9.67 Å². The van der Waals surface area contributed by atoms with Gasteiger partial charge in [0.25, 0.3) is 5.56 Å². The molecule has 1 N–H and O–H groups in total. The van der Waals surface area contributed by atoms with Crippen molar-refractivity contribution in [3.05, 3.63) is 107 Å². The first-order chi connectivity index (χ1) is 17.3. The molecule has 7 heteroatoms. The second kappa shape index (κ2) is 9.18. The number of anilines is 2. The van der Waals surface area contributed by atoms with E-state index in [1.54, 1.807) is 18.5 Å². The number of nitrogens with one attached hydrogen (secondary N) is 1. The van der Waals surface area contributed by atoms with E-state index in [1.807, 2.05) is 57.9 Å². The summed E-state index contributed by atoms with van der Waals surface area (Å²) in [5.74, 6) is 0.755. The van der Waals surface area contributed by atoms with Gasteiger partial charge in [0.15, 0.2) is 0 Å². The van der Waals surface area contributed by atoms with Crippen molar-refractivity contribution in [3.63, 3.8) is 0 Å². The van der Waals surface area contributed by atoms with E-state index in [4.69, 9.17) is 4.98 Å². The Morgan fingerprint density at radius 3 is 2.51 bits per heavy atom. The van der Waals surface area contributed by atoms with Gasteiger partial charge in [-0.1, -0.05) is 43.2 Å². The molecule has 7 nitrogen and oxygen atoms in total. The number of aromatic nitrogens is 5. The Morgan fingerprint density at radius 1 is 0.886 bits per heavy atom. The van der Waals surface area contributed by atoms with E-state index < -0.39 is 0 Å². The summed E-state index contributed by atoms with van der Waals surface area (Å²) in [6.45, 7) is 0. The Morgan fingerprint density at radius 2 is 1.71 bits per heavy atom. The summed E-state index contributed by atoms with van der Waals surface area (Å²) < 4.78 is 3.71. The highest BCUT2D eigenvalue weighted by Gasteiger charge is 2.30. The van der Waals surface area contributed by atoms with Crippen molar-refractivity contribution in [2.45, 2.75) is 37.6 Å². The molecule has 35 heavy (non-hydrogen) atoms. The van der Waals surface area contributed by atoms with Crippen LogP contribution in [-0.2, 0) is 0 Å². The molecule has 2 aromatic carbocycles. The van der Waals surface area contributed by atoms with Crippen LogP contribution in [0, 0.1) is 0 Å². The van der Waals surface area contributed by atoms with Gasteiger partial charge < -0.3 is 5.32 Å². The maximum absolute atomic E-state index is 13.2. The zero-order valence-corrected chi connectivity index (χ0v) is 19.3. The minimum Gasteiger partial charge on any atom is -0.324 e. The molecule has 1 fully saturated rings. The minimum atomic E-state index is -0.0152. The number of hydrogen-bond donors (Lipinski definition) is 1. The van der Waals surface area contributed by atoms with E-state index in [0.717, 1.165) is 36.0 Å². The average molecular weight is 463 g/mol. The molecular formula is C28H26N6O. The van der Waals surface area contributed by atoms with Gasteiger partial charge in [-0.05, 0) is 54.8 Å². The van der Waals surface area contributed by atoms with Crippen molar-refractivity contribution in [1.82, 2.24) is 24.3 Å². The monoisotopic (exact) mass is 462 g/mol. The first-order valence-electron chi connectivity index (χ1n) is 12.1. The Balaban J connectivity index is 1.36. The lowest BCUT2D eigenvalue weighted by Crippen LogP contribution is -2.31. The van der Waals surface area contributed by atoms with E-state index in [9.17, 15) is 4.79 Å². The van der Waals surface area contributed by atoms with Gasteiger partial charge in [0.1, 0.15) is 5.65 Å². The fraction of sp³-hybridized carbons (Fsp3) is 0.214. The van der Waals surface area contributed by atoms with Gasteiger partial charge in [-0.3, -0.25) is 9.36 Å². The number of pyridine rings is 1. The Labute approximate surface area is 203 Å². The van der Waals surface area contributed by atoms with Gasteiger partial charge in [0.05, 0.1) is 5.69 Å². The maximum Gasteiger partial charge on any atom is 0.252 e. The molecule has 1 saturated carbocycles. The molecule has 1 aliphatic carbocycles. The molecule has 0 bridgehead atoms. The Hall–Kier alpha value is -4.26.